The molecule has 0 saturated heterocycles. The van der Waals surface area contributed by atoms with E-state index in [-0.39, 0.29) is 24.8 Å². The maximum absolute atomic E-state index is 13.6. The maximum atomic E-state index is 13.6. The van der Waals surface area contributed by atoms with E-state index in [4.69, 9.17) is 9.47 Å². The van der Waals surface area contributed by atoms with Crippen molar-refractivity contribution in [2.45, 2.75) is 20.0 Å². The molecule has 0 aliphatic carbocycles. The lowest BCUT2D eigenvalue weighted by molar-refractivity contribution is -0.122. The van der Waals surface area contributed by atoms with Crippen LogP contribution in [0.1, 0.15) is 11.1 Å². The molecule has 0 spiro atoms. The van der Waals surface area contributed by atoms with Crippen LogP contribution in [0, 0.1) is 12.7 Å². The molecule has 0 atom stereocenters. The minimum atomic E-state index is -0.308. The average Bonchev–Trinajstić information content (AvgIpc) is 3.16. The Morgan fingerprint density at radius 1 is 1.14 bits per heavy atom. The molecule has 0 aliphatic rings. The highest BCUT2D eigenvalue weighted by molar-refractivity contribution is 5.75. The number of hydrogen-bond acceptors (Lipinski definition) is 6. The first-order chi connectivity index (χ1) is 13.5. The first kappa shape index (κ1) is 19.3. The van der Waals surface area contributed by atoms with Gasteiger partial charge in [0.1, 0.15) is 12.4 Å². The molecule has 1 amide bonds. The topological polar surface area (TPSA) is 91.2 Å². The Morgan fingerprint density at radius 2 is 1.93 bits per heavy atom. The van der Waals surface area contributed by atoms with Gasteiger partial charge < -0.3 is 14.8 Å². The lowest BCUT2D eigenvalue weighted by atomic mass is 10.1. The SMILES string of the molecule is COc1ccc(-c2nnn(CC(=O)NCc3ccc(C)c(F)c3)n2)cc1OC. The molecule has 2 aromatic carbocycles. The van der Waals surface area contributed by atoms with Gasteiger partial charge in [-0.05, 0) is 47.5 Å². The number of methoxy groups -OCH3 is 2. The highest BCUT2D eigenvalue weighted by Gasteiger charge is 2.12. The minimum Gasteiger partial charge on any atom is -0.493 e. The number of rotatable bonds is 7. The number of carbonyl (C=O) groups excluding carboxylic acids is 1. The quantitative estimate of drug-likeness (QED) is 0.670. The van der Waals surface area contributed by atoms with Gasteiger partial charge in [0.2, 0.25) is 11.7 Å². The molecule has 0 aliphatic heterocycles. The molecule has 1 N–H and O–H groups in total. The Balaban J connectivity index is 1.62. The van der Waals surface area contributed by atoms with E-state index in [1.54, 1.807) is 44.4 Å². The zero-order valence-electron chi connectivity index (χ0n) is 15.8. The van der Waals surface area contributed by atoms with Crippen molar-refractivity contribution in [3.63, 3.8) is 0 Å². The number of ether oxygens (including phenoxy) is 2. The molecule has 1 aromatic heterocycles. The van der Waals surface area contributed by atoms with Crippen LogP contribution >= 0.6 is 0 Å². The van der Waals surface area contributed by atoms with E-state index in [1.807, 2.05) is 0 Å². The third-order valence-electron chi connectivity index (χ3n) is 4.11. The number of halogens is 1. The van der Waals surface area contributed by atoms with Crippen molar-refractivity contribution in [3.8, 4) is 22.9 Å². The molecule has 8 nitrogen and oxygen atoms in total. The van der Waals surface area contributed by atoms with Crippen molar-refractivity contribution in [1.29, 1.82) is 0 Å². The zero-order chi connectivity index (χ0) is 20.1. The molecule has 9 heteroatoms. The zero-order valence-corrected chi connectivity index (χ0v) is 15.8. The van der Waals surface area contributed by atoms with Crippen molar-refractivity contribution in [3.05, 3.63) is 53.3 Å². The van der Waals surface area contributed by atoms with Crippen LogP contribution in [0.25, 0.3) is 11.4 Å². The molecule has 0 radical (unpaired) electrons. The van der Waals surface area contributed by atoms with Gasteiger partial charge in [0.15, 0.2) is 11.5 Å². The minimum absolute atomic E-state index is 0.103. The molecule has 0 unspecified atom stereocenters. The first-order valence-electron chi connectivity index (χ1n) is 8.52. The molecule has 1 heterocycles. The highest BCUT2D eigenvalue weighted by Crippen LogP contribution is 2.30. The van der Waals surface area contributed by atoms with Gasteiger partial charge in [-0.3, -0.25) is 4.79 Å². The van der Waals surface area contributed by atoms with E-state index < -0.39 is 0 Å². The highest BCUT2D eigenvalue weighted by atomic mass is 19.1. The van der Waals surface area contributed by atoms with Crippen LogP contribution in [0.5, 0.6) is 11.5 Å². The summed E-state index contributed by atoms with van der Waals surface area (Å²) in [5, 5.41) is 14.8. The maximum Gasteiger partial charge on any atom is 0.243 e. The van der Waals surface area contributed by atoms with Gasteiger partial charge in [-0.25, -0.2) is 4.39 Å². The largest absolute Gasteiger partial charge is 0.493 e. The monoisotopic (exact) mass is 385 g/mol. The van der Waals surface area contributed by atoms with Crippen LogP contribution in [-0.2, 0) is 17.9 Å². The molecule has 0 fully saturated rings. The Hall–Kier alpha value is -3.49. The molecule has 3 aromatic rings. The summed E-state index contributed by atoms with van der Waals surface area (Å²) in [6, 6.07) is 10.1. The second kappa shape index (κ2) is 8.47. The van der Waals surface area contributed by atoms with Gasteiger partial charge in [0.25, 0.3) is 0 Å². The van der Waals surface area contributed by atoms with E-state index >= 15 is 0 Å². The first-order valence-corrected chi connectivity index (χ1v) is 8.52. The molecular weight excluding hydrogens is 365 g/mol. The summed E-state index contributed by atoms with van der Waals surface area (Å²) in [6.45, 7) is 1.80. The summed E-state index contributed by atoms with van der Waals surface area (Å²) in [4.78, 5) is 13.3. The number of nitrogens with one attached hydrogen (secondary N) is 1. The standard InChI is InChI=1S/C19H20FN5O3/c1-12-4-5-13(8-15(12)20)10-21-18(26)11-25-23-19(22-24-25)14-6-7-16(27-2)17(9-14)28-3/h4-9H,10-11H2,1-3H3,(H,21,26). The Bertz CT molecular complexity index is 989. The smallest absolute Gasteiger partial charge is 0.243 e. The van der Waals surface area contributed by atoms with Crippen LogP contribution in [-0.4, -0.2) is 40.3 Å². The number of amides is 1. The second-order valence-corrected chi connectivity index (χ2v) is 6.07. The Labute approximate surface area is 161 Å². The number of aromatic nitrogens is 4. The predicted octanol–water partition coefficient (Wildman–Crippen LogP) is 2.12. The second-order valence-electron chi connectivity index (χ2n) is 6.07. The van der Waals surface area contributed by atoms with Crippen LogP contribution in [0.4, 0.5) is 4.39 Å². The molecular formula is C19H20FN5O3. The number of aryl methyl sites for hydroxylation is 1. The normalized spacial score (nSPS) is 10.6. The molecule has 28 heavy (non-hydrogen) atoms. The van der Waals surface area contributed by atoms with Crippen LogP contribution in [0.15, 0.2) is 36.4 Å². The van der Waals surface area contributed by atoms with Crippen molar-refractivity contribution in [2.24, 2.45) is 0 Å². The molecule has 0 saturated carbocycles. The molecule has 0 bridgehead atoms. The van der Waals surface area contributed by atoms with Crippen molar-refractivity contribution in [1.82, 2.24) is 25.5 Å². The fourth-order valence-electron chi connectivity index (χ4n) is 2.53. The summed E-state index contributed by atoms with van der Waals surface area (Å²) in [7, 11) is 3.09. The van der Waals surface area contributed by atoms with E-state index in [1.165, 1.54) is 18.0 Å². The predicted molar refractivity (Wildman–Crippen MR) is 99.3 cm³/mol. The summed E-state index contributed by atoms with van der Waals surface area (Å²) in [6.07, 6.45) is 0. The van der Waals surface area contributed by atoms with E-state index in [0.717, 1.165) is 0 Å². The lowest BCUT2D eigenvalue weighted by Crippen LogP contribution is -2.28. The van der Waals surface area contributed by atoms with Crippen LogP contribution < -0.4 is 14.8 Å². The molecule has 146 valence electrons. The van der Waals surface area contributed by atoms with Gasteiger partial charge in [0, 0.05) is 12.1 Å². The van der Waals surface area contributed by atoms with Crippen LogP contribution in [0.3, 0.4) is 0 Å². The van der Waals surface area contributed by atoms with Gasteiger partial charge in [-0.15, -0.1) is 10.2 Å². The lowest BCUT2D eigenvalue weighted by Gasteiger charge is -2.07. The third kappa shape index (κ3) is 4.43. The summed E-state index contributed by atoms with van der Waals surface area (Å²) < 4.78 is 24.0. The number of tetrazole rings is 1. The van der Waals surface area contributed by atoms with Crippen molar-refractivity contribution in [2.75, 3.05) is 14.2 Å². The van der Waals surface area contributed by atoms with E-state index in [2.05, 4.69) is 20.7 Å². The van der Waals surface area contributed by atoms with E-state index in [0.29, 0.717) is 34.0 Å². The number of hydrogen-bond donors (Lipinski definition) is 1. The summed E-state index contributed by atoms with van der Waals surface area (Å²) >= 11 is 0. The Kier molecular flexibility index (Phi) is 5.83. The number of nitrogens with zero attached hydrogens (tertiary/aromatic N) is 4. The average molecular weight is 385 g/mol. The summed E-state index contributed by atoms with van der Waals surface area (Å²) in [5.74, 6) is 0.876. The van der Waals surface area contributed by atoms with Crippen LogP contribution in [0.2, 0.25) is 0 Å². The van der Waals surface area contributed by atoms with E-state index in [9.17, 15) is 9.18 Å². The van der Waals surface area contributed by atoms with Gasteiger partial charge in [0.05, 0.1) is 14.2 Å². The van der Waals surface area contributed by atoms with Gasteiger partial charge in [-0.1, -0.05) is 12.1 Å². The van der Waals surface area contributed by atoms with Crippen molar-refractivity contribution >= 4 is 5.91 Å². The summed E-state index contributed by atoms with van der Waals surface area (Å²) in [5.41, 5.74) is 1.91. The third-order valence-corrected chi connectivity index (χ3v) is 4.11. The number of benzene rings is 2. The van der Waals surface area contributed by atoms with Crippen molar-refractivity contribution < 1.29 is 18.7 Å². The molecule has 3 rings (SSSR count). The van der Waals surface area contributed by atoms with Gasteiger partial charge >= 0.3 is 0 Å². The fraction of sp³-hybridized carbons (Fsp3) is 0.263. The number of carbonyl (C=O) groups is 1. The Morgan fingerprint density at radius 3 is 2.64 bits per heavy atom. The fourth-order valence-corrected chi connectivity index (χ4v) is 2.53. The van der Waals surface area contributed by atoms with Gasteiger partial charge in [-0.2, -0.15) is 4.80 Å².